The first kappa shape index (κ1) is 21.0. The molecule has 0 saturated carbocycles. The zero-order chi connectivity index (χ0) is 19.1. The first-order chi connectivity index (χ1) is 12.9. The molecule has 2 unspecified atom stereocenters. The van der Waals surface area contributed by atoms with Gasteiger partial charge in [0.1, 0.15) is 6.04 Å². The minimum atomic E-state index is -1.80. The lowest BCUT2D eigenvalue weighted by Gasteiger charge is -2.41. The van der Waals surface area contributed by atoms with Crippen LogP contribution in [0.2, 0.25) is 0 Å². The Kier molecular flexibility index (Phi) is 5.99. The fraction of sp³-hybridized carbons (Fsp3) is 0.435. The quantitative estimate of drug-likeness (QED) is 0.541. The average Bonchev–Trinajstić information content (AvgIpc) is 2.83. The van der Waals surface area contributed by atoms with Crippen molar-refractivity contribution in [2.45, 2.75) is 49.5 Å². The molecule has 4 rings (SSSR count). The summed E-state index contributed by atoms with van der Waals surface area (Å²) in [6.45, 7) is 0. The number of nitrogens with zero attached hydrogens (tertiary/aromatic N) is 1. The Hall–Kier alpha value is -1.69. The number of quaternary nitrogens is 1. The number of halogens is 1. The lowest BCUT2D eigenvalue weighted by molar-refractivity contribution is -0.931. The Morgan fingerprint density at radius 1 is 1.00 bits per heavy atom. The number of fused-ring (bicyclic) bond motifs is 2. The van der Waals surface area contributed by atoms with E-state index in [1.807, 2.05) is 36.4 Å². The lowest BCUT2D eigenvalue weighted by Crippen LogP contribution is -3.00. The second-order valence-electron chi connectivity index (χ2n) is 8.40. The smallest absolute Gasteiger partial charge is 0.348 e. The van der Waals surface area contributed by atoms with E-state index in [-0.39, 0.29) is 23.1 Å². The van der Waals surface area contributed by atoms with Gasteiger partial charge in [0.2, 0.25) is 5.60 Å². The Bertz CT molecular complexity index is 770. The van der Waals surface area contributed by atoms with Crippen molar-refractivity contribution in [3.05, 3.63) is 71.8 Å². The largest absolute Gasteiger partial charge is 1.00 e. The Balaban J connectivity index is 0.00000225. The van der Waals surface area contributed by atoms with Crippen LogP contribution in [0.1, 0.15) is 36.8 Å². The van der Waals surface area contributed by atoms with E-state index in [0.717, 1.165) is 17.3 Å². The normalized spacial score (nSPS) is 25.6. The van der Waals surface area contributed by atoms with Gasteiger partial charge >= 0.3 is 5.97 Å². The lowest BCUT2D eigenvalue weighted by atomic mass is 9.86. The fourth-order valence-corrected chi connectivity index (χ4v) is 5.04. The van der Waals surface area contributed by atoms with Crippen molar-refractivity contribution >= 4 is 5.97 Å². The van der Waals surface area contributed by atoms with E-state index in [1.54, 1.807) is 24.3 Å². The van der Waals surface area contributed by atoms with Crippen molar-refractivity contribution in [3.8, 4) is 0 Å². The van der Waals surface area contributed by atoms with Crippen LogP contribution in [0.5, 0.6) is 0 Å². The van der Waals surface area contributed by atoms with Crippen LogP contribution in [0.3, 0.4) is 0 Å². The third kappa shape index (κ3) is 3.40. The number of rotatable bonds is 4. The molecule has 2 bridgehead atoms. The molecule has 3 atom stereocenters. The number of piperidine rings is 1. The molecule has 0 spiro atoms. The molecule has 0 amide bonds. The van der Waals surface area contributed by atoms with E-state index in [1.165, 1.54) is 12.8 Å². The number of carbonyl (C=O) groups is 1. The molecular weight excluding hydrogens is 418 g/mol. The van der Waals surface area contributed by atoms with Crippen molar-refractivity contribution < 1.29 is 36.1 Å². The van der Waals surface area contributed by atoms with E-state index < -0.39 is 11.6 Å². The van der Waals surface area contributed by atoms with E-state index in [9.17, 15) is 9.90 Å². The Morgan fingerprint density at radius 3 is 2.04 bits per heavy atom. The molecule has 2 fully saturated rings. The number of likely N-dealkylation sites (N-methyl/N-ethyl adjacent to an activating group) is 1. The maximum Gasteiger partial charge on any atom is 0.348 e. The molecule has 0 aliphatic carbocycles. The number of ether oxygens (including phenoxy) is 1. The molecule has 2 aromatic carbocycles. The second-order valence-corrected chi connectivity index (χ2v) is 8.40. The van der Waals surface area contributed by atoms with Gasteiger partial charge in [-0.25, -0.2) is 4.79 Å². The van der Waals surface area contributed by atoms with Crippen LogP contribution in [0.15, 0.2) is 60.7 Å². The molecule has 2 heterocycles. The second kappa shape index (κ2) is 7.97. The summed E-state index contributed by atoms with van der Waals surface area (Å²) in [5.41, 5.74) is -0.720. The van der Waals surface area contributed by atoms with Crippen molar-refractivity contribution in [2.75, 3.05) is 14.1 Å². The van der Waals surface area contributed by atoms with E-state index in [4.69, 9.17) is 4.74 Å². The van der Waals surface area contributed by atoms with Crippen LogP contribution < -0.4 is 17.0 Å². The highest BCUT2D eigenvalue weighted by Crippen LogP contribution is 2.42. The van der Waals surface area contributed by atoms with Gasteiger partial charge in [-0.3, -0.25) is 0 Å². The first-order valence-corrected chi connectivity index (χ1v) is 9.82. The van der Waals surface area contributed by atoms with Crippen LogP contribution >= 0.6 is 0 Å². The summed E-state index contributed by atoms with van der Waals surface area (Å²) in [5, 5.41) is 11.6. The number of aliphatic hydroxyl groups is 1. The number of hydrogen-bond acceptors (Lipinski definition) is 3. The molecule has 2 aliphatic rings. The first-order valence-electron chi connectivity index (χ1n) is 9.82. The molecular formula is C23H28BrNO3. The summed E-state index contributed by atoms with van der Waals surface area (Å²) in [7, 11) is 4.48. The standard InChI is InChI=1S/C23H28NO3.BrH/c1-24(2)19-14-9-15-20(24)21(16-19)27-22(25)23(26,17-10-5-3-6-11-17)18-12-7-4-8-13-18;/h3-8,10-13,19-21,26H,9,14-16H2,1-2H3;1H/q+1;/p-1/t19?,20?,21-;/m1./s1. The molecule has 5 heteroatoms. The van der Waals surface area contributed by atoms with Crippen LogP contribution in [-0.4, -0.2) is 47.8 Å². The highest BCUT2D eigenvalue weighted by molar-refractivity contribution is 5.85. The predicted octanol–water partition coefficient (Wildman–Crippen LogP) is 0.240. The van der Waals surface area contributed by atoms with Crippen LogP contribution in [-0.2, 0) is 15.1 Å². The summed E-state index contributed by atoms with van der Waals surface area (Å²) in [6, 6.07) is 19.0. The average molecular weight is 446 g/mol. The molecule has 2 aromatic rings. The van der Waals surface area contributed by atoms with Gasteiger partial charge in [-0.1, -0.05) is 60.7 Å². The molecule has 2 saturated heterocycles. The zero-order valence-corrected chi connectivity index (χ0v) is 18.0. The summed E-state index contributed by atoms with van der Waals surface area (Å²) in [6.07, 6.45) is 4.17. The van der Waals surface area contributed by atoms with Crippen LogP contribution in [0.4, 0.5) is 0 Å². The molecule has 4 nitrogen and oxygen atoms in total. The Morgan fingerprint density at radius 2 is 1.54 bits per heavy atom. The third-order valence-corrected chi connectivity index (χ3v) is 6.70. The SMILES string of the molecule is C[N+]1(C)C2CCCC1[C@H](OC(=O)C(O)(c1ccccc1)c1ccccc1)C2.[Br-]. The van der Waals surface area contributed by atoms with Crippen molar-refractivity contribution in [1.29, 1.82) is 0 Å². The molecule has 2 aliphatic heterocycles. The maximum atomic E-state index is 13.3. The van der Waals surface area contributed by atoms with Gasteiger partial charge in [-0.05, 0) is 24.0 Å². The van der Waals surface area contributed by atoms with Crippen molar-refractivity contribution in [2.24, 2.45) is 0 Å². The summed E-state index contributed by atoms with van der Waals surface area (Å²) >= 11 is 0. The fourth-order valence-electron chi connectivity index (χ4n) is 5.04. The van der Waals surface area contributed by atoms with Crippen LogP contribution in [0.25, 0.3) is 0 Å². The van der Waals surface area contributed by atoms with Gasteiger partial charge in [0.05, 0.1) is 20.1 Å². The minimum absolute atomic E-state index is 0. The molecule has 0 radical (unpaired) electrons. The highest BCUT2D eigenvalue weighted by atomic mass is 79.9. The summed E-state index contributed by atoms with van der Waals surface area (Å²) in [4.78, 5) is 13.3. The number of carbonyl (C=O) groups excluding carboxylic acids is 1. The molecule has 150 valence electrons. The molecule has 1 N–H and O–H groups in total. The predicted molar refractivity (Wildman–Crippen MR) is 104 cm³/mol. The monoisotopic (exact) mass is 445 g/mol. The van der Waals surface area contributed by atoms with Crippen molar-refractivity contribution in [3.63, 3.8) is 0 Å². The number of esters is 1. The minimum Gasteiger partial charge on any atom is -1.00 e. The Labute approximate surface area is 177 Å². The zero-order valence-electron chi connectivity index (χ0n) is 16.4. The highest BCUT2D eigenvalue weighted by Gasteiger charge is 2.55. The van der Waals surface area contributed by atoms with Gasteiger partial charge < -0.3 is 31.3 Å². The van der Waals surface area contributed by atoms with E-state index >= 15 is 0 Å². The van der Waals surface area contributed by atoms with Gasteiger partial charge in [0.15, 0.2) is 6.10 Å². The van der Waals surface area contributed by atoms with E-state index in [2.05, 4.69) is 14.1 Å². The maximum absolute atomic E-state index is 13.3. The van der Waals surface area contributed by atoms with Crippen LogP contribution in [0, 0.1) is 0 Å². The summed E-state index contributed by atoms with van der Waals surface area (Å²) < 4.78 is 6.94. The molecule has 28 heavy (non-hydrogen) atoms. The van der Waals surface area contributed by atoms with Gasteiger partial charge in [0, 0.05) is 12.8 Å². The third-order valence-electron chi connectivity index (χ3n) is 6.70. The molecule has 0 aromatic heterocycles. The van der Waals surface area contributed by atoms with E-state index in [0.29, 0.717) is 23.2 Å². The van der Waals surface area contributed by atoms with Crippen molar-refractivity contribution in [1.82, 2.24) is 0 Å². The summed E-state index contributed by atoms with van der Waals surface area (Å²) in [5.74, 6) is -0.572. The number of hydrogen-bond donors (Lipinski definition) is 1. The van der Waals surface area contributed by atoms with Gasteiger partial charge in [-0.15, -0.1) is 0 Å². The van der Waals surface area contributed by atoms with Gasteiger partial charge in [-0.2, -0.15) is 0 Å². The van der Waals surface area contributed by atoms with Gasteiger partial charge in [0.25, 0.3) is 0 Å². The topological polar surface area (TPSA) is 46.5 Å². The number of benzene rings is 2.